The lowest BCUT2D eigenvalue weighted by atomic mass is 10.1. The first kappa shape index (κ1) is 16.2. The molecule has 7 nitrogen and oxygen atoms in total. The Bertz CT molecular complexity index is 570. The minimum absolute atomic E-state index is 0.0453. The molecule has 0 aromatic heterocycles. The summed E-state index contributed by atoms with van der Waals surface area (Å²) in [6.45, 7) is 3.48. The van der Waals surface area contributed by atoms with Crippen molar-refractivity contribution in [3.63, 3.8) is 0 Å². The van der Waals surface area contributed by atoms with Crippen molar-refractivity contribution in [3.8, 4) is 11.5 Å². The Morgan fingerprint density at radius 2 is 1.50 bits per heavy atom. The predicted molar refractivity (Wildman–Crippen MR) is 70.5 cm³/mol. The summed E-state index contributed by atoms with van der Waals surface area (Å²) in [5, 5.41) is 10.3. The number of nitro benzene ring substituents is 1. The zero-order chi connectivity index (χ0) is 15.6. The number of carbonyl (C=O) groups excluding carboxylic acids is 2. The molecule has 0 bridgehead atoms. The van der Waals surface area contributed by atoms with Crippen LogP contribution >= 0.6 is 23.2 Å². The molecule has 0 saturated carbocycles. The monoisotopic (exact) mass is 321 g/mol. The van der Waals surface area contributed by atoms with Crippen LogP contribution in [0.15, 0.2) is 0 Å². The Balaban J connectivity index is 3.68. The zero-order valence-electron chi connectivity index (χ0n) is 10.7. The van der Waals surface area contributed by atoms with Crippen molar-refractivity contribution in [1.29, 1.82) is 0 Å². The standard InChI is InChI=1S/C11H9Cl2NO6/c1-4-9(14(17)18)7(12)11(20-6(3)16)8(13)10(4)19-5(2)15/h1-3H3. The molecule has 0 amide bonds. The second kappa shape index (κ2) is 6.06. The molecular weight excluding hydrogens is 313 g/mol. The first-order valence-electron chi connectivity index (χ1n) is 5.19. The molecule has 0 aliphatic heterocycles. The van der Waals surface area contributed by atoms with E-state index in [4.69, 9.17) is 32.7 Å². The average molecular weight is 322 g/mol. The van der Waals surface area contributed by atoms with Gasteiger partial charge in [-0.2, -0.15) is 0 Å². The lowest BCUT2D eigenvalue weighted by Gasteiger charge is -2.13. The van der Waals surface area contributed by atoms with Gasteiger partial charge in [0.15, 0.2) is 16.5 Å². The fraction of sp³-hybridized carbons (Fsp3) is 0.273. The van der Waals surface area contributed by atoms with Crippen molar-refractivity contribution in [3.05, 3.63) is 25.7 Å². The molecule has 0 heterocycles. The third-order valence-corrected chi connectivity index (χ3v) is 2.87. The maximum absolute atomic E-state index is 11.0. The van der Waals surface area contributed by atoms with Crippen LogP contribution in [0.3, 0.4) is 0 Å². The largest absolute Gasteiger partial charge is 0.424 e. The van der Waals surface area contributed by atoms with Crippen LogP contribution in [-0.4, -0.2) is 16.9 Å². The summed E-state index contributed by atoms with van der Waals surface area (Å²) >= 11 is 11.7. The van der Waals surface area contributed by atoms with E-state index in [2.05, 4.69) is 0 Å². The van der Waals surface area contributed by atoms with Crippen LogP contribution in [0.5, 0.6) is 11.5 Å². The number of benzene rings is 1. The Hall–Kier alpha value is -1.86. The van der Waals surface area contributed by atoms with Gasteiger partial charge in [0.2, 0.25) is 0 Å². The number of esters is 2. The highest BCUT2D eigenvalue weighted by Gasteiger charge is 2.30. The first-order chi connectivity index (χ1) is 9.16. The topological polar surface area (TPSA) is 95.7 Å². The minimum atomic E-state index is -0.784. The van der Waals surface area contributed by atoms with Gasteiger partial charge in [0.05, 0.1) is 10.5 Å². The molecule has 108 valence electrons. The summed E-state index contributed by atoms with van der Waals surface area (Å²) < 4.78 is 9.56. The number of hydrogen-bond acceptors (Lipinski definition) is 6. The molecule has 0 atom stereocenters. The van der Waals surface area contributed by atoms with Gasteiger partial charge < -0.3 is 9.47 Å². The van der Waals surface area contributed by atoms with Gasteiger partial charge in [-0.25, -0.2) is 0 Å². The molecule has 0 fully saturated rings. The lowest BCUT2D eigenvalue weighted by Crippen LogP contribution is -2.09. The second-order valence-corrected chi connectivity index (χ2v) is 4.46. The smallest absolute Gasteiger partial charge is 0.308 e. The normalized spacial score (nSPS) is 10.1. The van der Waals surface area contributed by atoms with E-state index < -0.39 is 33.3 Å². The van der Waals surface area contributed by atoms with Gasteiger partial charge in [0.25, 0.3) is 5.69 Å². The van der Waals surface area contributed by atoms with Gasteiger partial charge in [0, 0.05) is 13.8 Å². The minimum Gasteiger partial charge on any atom is -0.424 e. The third kappa shape index (κ3) is 3.17. The summed E-state index contributed by atoms with van der Waals surface area (Å²) in [6.07, 6.45) is 0. The van der Waals surface area contributed by atoms with Gasteiger partial charge in [-0.15, -0.1) is 0 Å². The van der Waals surface area contributed by atoms with E-state index in [0.717, 1.165) is 13.8 Å². The Labute approximate surface area is 123 Å². The highest BCUT2D eigenvalue weighted by atomic mass is 35.5. The van der Waals surface area contributed by atoms with Crippen LogP contribution in [-0.2, 0) is 9.59 Å². The molecule has 1 rings (SSSR count). The second-order valence-electron chi connectivity index (χ2n) is 3.70. The number of ether oxygens (including phenoxy) is 2. The maximum atomic E-state index is 11.0. The fourth-order valence-corrected chi connectivity index (χ4v) is 2.16. The molecular formula is C11H9Cl2NO6. The highest BCUT2D eigenvalue weighted by molar-refractivity contribution is 6.40. The number of nitro groups is 1. The Morgan fingerprint density at radius 3 is 1.90 bits per heavy atom. The fourth-order valence-electron chi connectivity index (χ4n) is 1.46. The number of rotatable bonds is 3. The molecule has 0 N–H and O–H groups in total. The number of nitrogens with zero attached hydrogens (tertiary/aromatic N) is 1. The van der Waals surface area contributed by atoms with E-state index in [0.29, 0.717) is 0 Å². The zero-order valence-corrected chi connectivity index (χ0v) is 12.2. The lowest BCUT2D eigenvalue weighted by molar-refractivity contribution is -0.385. The summed E-state index contributed by atoms with van der Waals surface area (Å²) in [5.74, 6) is -2.21. The van der Waals surface area contributed by atoms with Crippen LogP contribution < -0.4 is 9.47 Å². The van der Waals surface area contributed by atoms with Crippen LogP contribution in [0.1, 0.15) is 19.4 Å². The van der Waals surface area contributed by atoms with Crippen molar-refractivity contribution in [2.45, 2.75) is 20.8 Å². The van der Waals surface area contributed by atoms with Gasteiger partial charge in [0.1, 0.15) is 5.02 Å². The van der Waals surface area contributed by atoms with E-state index >= 15 is 0 Å². The summed E-state index contributed by atoms with van der Waals surface area (Å²) in [7, 11) is 0. The van der Waals surface area contributed by atoms with Crippen LogP contribution in [0, 0.1) is 17.0 Å². The van der Waals surface area contributed by atoms with E-state index in [1.807, 2.05) is 0 Å². The Kier molecular flexibility index (Phi) is 4.91. The quantitative estimate of drug-likeness (QED) is 0.367. The predicted octanol–water partition coefficient (Wildman–Crippen LogP) is 3.06. The highest BCUT2D eigenvalue weighted by Crippen LogP contribution is 2.48. The van der Waals surface area contributed by atoms with Crippen LogP contribution in [0.25, 0.3) is 0 Å². The Morgan fingerprint density at radius 1 is 1.05 bits per heavy atom. The van der Waals surface area contributed by atoms with Crippen LogP contribution in [0.4, 0.5) is 5.69 Å². The SMILES string of the molecule is CC(=O)Oc1c(C)c([N+](=O)[O-])c(Cl)c(OC(C)=O)c1Cl. The van der Waals surface area contributed by atoms with Gasteiger partial charge in [-0.1, -0.05) is 23.2 Å². The number of carbonyl (C=O) groups is 2. The summed E-state index contributed by atoms with van der Waals surface area (Å²) in [6, 6.07) is 0. The van der Waals surface area contributed by atoms with Gasteiger partial charge in [-0.05, 0) is 6.92 Å². The third-order valence-electron chi connectivity index (χ3n) is 2.18. The van der Waals surface area contributed by atoms with Crippen molar-refractivity contribution >= 4 is 40.8 Å². The number of hydrogen-bond donors (Lipinski definition) is 0. The molecule has 20 heavy (non-hydrogen) atoms. The molecule has 0 radical (unpaired) electrons. The molecule has 0 spiro atoms. The average Bonchev–Trinajstić information content (AvgIpc) is 2.29. The number of halogens is 2. The van der Waals surface area contributed by atoms with E-state index in [9.17, 15) is 19.7 Å². The van der Waals surface area contributed by atoms with Crippen molar-refractivity contribution in [2.75, 3.05) is 0 Å². The van der Waals surface area contributed by atoms with E-state index in [1.54, 1.807) is 0 Å². The van der Waals surface area contributed by atoms with Gasteiger partial charge >= 0.3 is 11.9 Å². The van der Waals surface area contributed by atoms with Crippen molar-refractivity contribution in [2.24, 2.45) is 0 Å². The maximum Gasteiger partial charge on any atom is 0.308 e. The molecule has 1 aromatic rings. The van der Waals surface area contributed by atoms with E-state index in [-0.39, 0.29) is 16.3 Å². The molecule has 0 saturated heterocycles. The van der Waals surface area contributed by atoms with Crippen LogP contribution in [0.2, 0.25) is 10.0 Å². The molecule has 9 heteroatoms. The van der Waals surface area contributed by atoms with E-state index in [1.165, 1.54) is 6.92 Å². The van der Waals surface area contributed by atoms with Crippen molar-refractivity contribution < 1.29 is 24.0 Å². The summed E-state index contributed by atoms with van der Waals surface area (Å²) in [4.78, 5) is 32.3. The molecule has 0 aliphatic carbocycles. The van der Waals surface area contributed by atoms with Crippen molar-refractivity contribution in [1.82, 2.24) is 0 Å². The summed E-state index contributed by atoms with van der Waals surface area (Å²) in [5.41, 5.74) is -0.598. The first-order valence-corrected chi connectivity index (χ1v) is 5.95. The van der Waals surface area contributed by atoms with Gasteiger partial charge in [-0.3, -0.25) is 19.7 Å². The molecule has 0 unspecified atom stereocenters. The molecule has 0 aliphatic rings. The molecule has 1 aromatic carbocycles.